The van der Waals surface area contributed by atoms with E-state index < -0.39 is 33.9 Å². The lowest BCUT2D eigenvalue weighted by atomic mass is 10.1. The first kappa shape index (κ1) is 17.5. The monoisotopic (exact) mass is 339 g/mol. The molecule has 2 rings (SSSR count). The Morgan fingerprint density at radius 1 is 1.35 bits per heavy atom. The van der Waals surface area contributed by atoms with Crippen LogP contribution in [0.2, 0.25) is 0 Å². The summed E-state index contributed by atoms with van der Waals surface area (Å²) in [6.07, 6.45) is -0.449. The molecule has 1 saturated heterocycles. The van der Waals surface area contributed by atoms with Gasteiger partial charge >= 0.3 is 5.97 Å². The molecule has 0 spiro atoms. The van der Waals surface area contributed by atoms with Crippen LogP contribution in [0.15, 0.2) is 24.3 Å². The number of carbonyl (C=O) groups excluding carboxylic acids is 2. The van der Waals surface area contributed by atoms with Crippen LogP contribution in [0.4, 0.5) is 0 Å². The number of benzene rings is 1. The molecule has 1 fully saturated rings. The molecule has 126 valence electrons. The third-order valence-corrected chi connectivity index (χ3v) is 5.62. The minimum absolute atomic E-state index is 0.0530. The number of hydrogen-bond donors (Lipinski definition) is 1. The van der Waals surface area contributed by atoms with Crippen molar-refractivity contribution in [1.82, 2.24) is 5.32 Å². The zero-order valence-corrected chi connectivity index (χ0v) is 14.1. The number of ether oxygens (including phenoxy) is 1. The van der Waals surface area contributed by atoms with E-state index in [0.717, 1.165) is 11.1 Å². The summed E-state index contributed by atoms with van der Waals surface area (Å²) in [7, 11) is -3.06. The summed E-state index contributed by atoms with van der Waals surface area (Å²) in [5, 5.41) is 2.62. The van der Waals surface area contributed by atoms with Gasteiger partial charge in [-0.15, -0.1) is 0 Å². The second kappa shape index (κ2) is 7.12. The van der Waals surface area contributed by atoms with Crippen molar-refractivity contribution in [3.63, 3.8) is 0 Å². The Bertz CT molecular complexity index is 698. The molecule has 7 heteroatoms. The van der Waals surface area contributed by atoms with Gasteiger partial charge in [-0.2, -0.15) is 0 Å². The van der Waals surface area contributed by atoms with Crippen molar-refractivity contribution in [3.05, 3.63) is 35.4 Å². The third-order valence-electron chi connectivity index (χ3n) is 3.85. The lowest BCUT2D eigenvalue weighted by molar-refractivity contribution is -0.154. The van der Waals surface area contributed by atoms with Crippen LogP contribution in [-0.4, -0.2) is 43.9 Å². The number of esters is 1. The van der Waals surface area contributed by atoms with E-state index in [1.54, 1.807) is 0 Å². The Morgan fingerprint density at radius 2 is 2.04 bits per heavy atom. The van der Waals surface area contributed by atoms with Gasteiger partial charge in [-0.1, -0.05) is 24.3 Å². The quantitative estimate of drug-likeness (QED) is 0.801. The predicted octanol–water partition coefficient (Wildman–Crippen LogP) is 0.773. The van der Waals surface area contributed by atoms with Crippen molar-refractivity contribution < 1.29 is 22.7 Å². The number of hydrogen-bond acceptors (Lipinski definition) is 5. The number of amides is 1. The molecular formula is C16H21NO5S. The van der Waals surface area contributed by atoms with Gasteiger partial charge in [0.15, 0.2) is 15.9 Å². The van der Waals surface area contributed by atoms with Crippen molar-refractivity contribution in [3.8, 4) is 0 Å². The van der Waals surface area contributed by atoms with E-state index in [4.69, 9.17) is 4.74 Å². The fraction of sp³-hybridized carbons (Fsp3) is 0.500. The van der Waals surface area contributed by atoms with E-state index in [-0.39, 0.29) is 17.9 Å². The molecule has 0 aliphatic carbocycles. The number of aryl methyl sites for hydroxylation is 1. The third kappa shape index (κ3) is 5.06. The van der Waals surface area contributed by atoms with Crippen LogP contribution in [-0.2, 0) is 30.6 Å². The van der Waals surface area contributed by atoms with Crippen molar-refractivity contribution in [2.75, 3.05) is 11.5 Å². The Labute approximate surface area is 136 Å². The van der Waals surface area contributed by atoms with Crippen LogP contribution in [0.25, 0.3) is 0 Å². The van der Waals surface area contributed by atoms with Crippen LogP contribution in [0.5, 0.6) is 0 Å². The molecule has 1 aromatic carbocycles. The summed E-state index contributed by atoms with van der Waals surface area (Å²) >= 11 is 0. The van der Waals surface area contributed by atoms with E-state index in [9.17, 15) is 18.0 Å². The van der Waals surface area contributed by atoms with Crippen LogP contribution in [0.3, 0.4) is 0 Å². The molecular weight excluding hydrogens is 318 g/mol. The average Bonchev–Trinajstić information content (AvgIpc) is 2.80. The maximum Gasteiger partial charge on any atom is 0.311 e. The first-order chi connectivity index (χ1) is 10.8. The zero-order valence-electron chi connectivity index (χ0n) is 13.2. The molecule has 1 aromatic rings. The van der Waals surface area contributed by atoms with Gasteiger partial charge in [-0.05, 0) is 31.4 Å². The molecule has 1 aliphatic rings. The van der Waals surface area contributed by atoms with E-state index >= 15 is 0 Å². The zero-order chi connectivity index (χ0) is 17.0. The largest absolute Gasteiger partial charge is 0.452 e. The molecule has 1 amide bonds. The normalized spacial score (nSPS) is 20.7. The standard InChI is InChI=1S/C16H21NO5S/c1-11-5-3-4-6-13(11)9-15(18)22-12(2)16(19)17-14-7-8-23(20,21)10-14/h3-6,12,14H,7-10H2,1-2H3,(H,17,19)/t12-,14+/m0/s1. The molecule has 0 aromatic heterocycles. The Morgan fingerprint density at radius 3 is 2.65 bits per heavy atom. The van der Waals surface area contributed by atoms with E-state index in [2.05, 4.69) is 5.32 Å². The maximum atomic E-state index is 12.0. The molecule has 0 unspecified atom stereocenters. The summed E-state index contributed by atoms with van der Waals surface area (Å²) in [4.78, 5) is 23.9. The summed E-state index contributed by atoms with van der Waals surface area (Å²) in [6.45, 7) is 3.38. The van der Waals surface area contributed by atoms with Gasteiger partial charge in [0, 0.05) is 6.04 Å². The van der Waals surface area contributed by atoms with Gasteiger partial charge in [-0.3, -0.25) is 9.59 Å². The van der Waals surface area contributed by atoms with E-state index in [1.165, 1.54) is 6.92 Å². The molecule has 0 saturated carbocycles. The average molecular weight is 339 g/mol. The summed E-state index contributed by atoms with van der Waals surface area (Å²) < 4.78 is 27.9. The van der Waals surface area contributed by atoms with E-state index in [0.29, 0.717) is 6.42 Å². The topological polar surface area (TPSA) is 89.5 Å². The summed E-state index contributed by atoms with van der Waals surface area (Å²) in [5.74, 6) is -0.923. The summed E-state index contributed by atoms with van der Waals surface area (Å²) in [6, 6.07) is 7.07. The Hall–Kier alpha value is -1.89. The molecule has 1 aliphatic heterocycles. The maximum absolute atomic E-state index is 12.0. The number of nitrogens with one attached hydrogen (secondary N) is 1. The molecule has 1 heterocycles. The van der Waals surface area contributed by atoms with Crippen molar-refractivity contribution in [2.24, 2.45) is 0 Å². The van der Waals surface area contributed by atoms with Crippen LogP contribution in [0.1, 0.15) is 24.5 Å². The van der Waals surface area contributed by atoms with E-state index in [1.807, 2.05) is 31.2 Å². The second-order valence-corrected chi connectivity index (χ2v) is 8.07. The summed E-state index contributed by atoms with van der Waals surface area (Å²) in [5.41, 5.74) is 1.84. The van der Waals surface area contributed by atoms with Crippen molar-refractivity contribution >= 4 is 21.7 Å². The lowest BCUT2D eigenvalue weighted by Crippen LogP contribution is -2.42. The highest BCUT2D eigenvalue weighted by atomic mass is 32.2. The van der Waals surface area contributed by atoms with Crippen LogP contribution in [0, 0.1) is 6.92 Å². The molecule has 1 N–H and O–H groups in total. The molecule has 6 nitrogen and oxygen atoms in total. The first-order valence-electron chi connectivity index (χ1n) is 7.51. The van der Waals surface area contributed by atoms with Gasteiger partial charge in [0.05, 0.1) is 17.9 Å². The number of rotatable bonds is 5. The fourth-order valence-electron chi connectivity index (χ4n) is 2.48. The van der Waals surface area contributed by atoms with Crippen LogP contribution < -0.4 is 5.32 Å². The van der Waals surface area contributed by atoms with Crippen molar-refractivity contribution in [1.29, 1.82) is 0 Å². The Balaban J connectivity index is 1.84. The molecule has 2 atom stereocenters. The number of carbonyl (C=O) groups is 2. The molecule has 0 bridgehead atoms. The second-order valence-electron chi connectivity index (χ2n) is 5.84. The highest BCUT2D eigenvalue weighted by Crippen LogP contribution is 2.12. The molecule has 23 heavy (non-hydrogen) atoms. The first-order valence-corrected chi connectivity index (χ1v) is 9.34. The Kier molecular flexibility index (Phi) is 5.41. The van der Waals surface area contributed by atoms with Crippen LogP contribution >= 0.6 is 0 Å². The highest BCUT2D eigenvalue weighted by molar-refractivity contribution is 7.91. The number of sulfone groups is 1. The predicted molar refractivity (Wildman–Crippen MR) is 85.6 cm³/mol. The SMILES string of the molecule is Cc1ccccc1CC(=O)O[C@@H](C)C(=O)N[C@@H]1CCS(=O)(=O)C1. The fourth-order valence-corrected chi connectivity index (χ4v) is 4.16. The van der Waals surface area contributed by atoms with Gasteiger partial charge in [0.2, 0.25) is 0 Å². The van der Waals surface area contributed by atoms with Gasteiger partial charge < -0.3 is 10.1 Å². The minimum atomic E-state index is -3.06. The van der Waals surface area contributed by atoms with Gasteiger partial charge in [0.1, 0.15) is 0 Å². The smallest absolute Gasteiger partial charge is 0.311 e. The minimum Gasteiger partial charge on any atom is -0.452 e. The lowest BCUT2D eigenvalue weighted by Gasteiger charge is -2.16. The van der Waals surface area contributed by atoms with Gasteiger partial charge in [-0.25, -0.2) is 8.42 Å². The van der Waals surface area contributed by atoms with Crippen molar-refractivity contribution in [2.45, 2.75) is 38.8 Å². The highest BCUT2D eigenvalue weighted by Gasteiger charge is 2.30. The molecule has 0 radical (unpaired) electrons. The van der Waals surface area contributed by atoms with Gasteiger partial charge in [0.25, 0.3) is 5.91 Å².